The standard InChI is InChI=1S/C33H34BFN4O4/c1-31(2)32(3,4)43-34(42-31)22-10-12-23(13-11-22)38-19-33(20-38)15-16-39(33)30(41)26-17-21(9-14-27(26)35)18-28-24-7-5-6-8-25(24)29(40)37-36-28/h5-14,17H,15-16,18-20H2,1-4H3,(H,37,40). The Bertz CT molecular complexity index is 1780. The fourth-order valence-corrected chi connectivity index (χ4v) is 6.35. The maximum Gasteiger partial charge on any atom is 0.494 e. The molecule has 0 aliphatic carbocycles. The molecule has 0 bridgehead atoms. The van der Waals surface area contributed by atoms with E-state index in [4.69, 9.17) is 9.31 Å². The number of hydrogen-bond acceptors (Lipinski definition) is 6. The van der Waals surface area contributed by atoms with Gasteiger partial charge >= 0.3 is 7.12 Å². The molecule has 4 heterocycles. The van der Waals surface area contributed by atoms with Crippen LogP contribution in [0, 0.1) is 5.82 Å². The Labute approximate surface area is 249 Å². The Kier molecular flexibility index (Phi) is 6.31. The van der Waals surface area contributed by atoms with Crippen molar-refractivity contribution in [3.05, 3.63) is 99.7 Å². The highest BCUT2D eigenvalue weighted by atomic mass is 19.1. The summed E-state index contributed by atoms with van der Waals surface area (Å²) < 4.78 is 27.4. The van der Waals surface area contributed by atoms with Crippen molar-refractivity contribution < 1.29 is 18.5 Å². The van der Waals surface area contributed by atoms with Gasteiger partial charge in [-0.1, -0.05) is 36.4 Å². The topological polar surface area (TPSA) is 87.8 Å². The summed E-state index contributed by atoms with van der Waals surface area (Å²) in [5, 5.41) is 8.07. The van der Waals surface area contributed by atoms with E-state index in [9.17, 15) is 9.59 Å². The van der Waals surface area contributed by atoms with Crippen LogP contribution < -0.4 is 15.9 Å². The van der Waals surface area contributed by atoms with Gasteiger partial charge in [0, 0.05) is 37.1 Å². The molecule has 220 valence electrons. The van der Waals surface area contributed by atoms with Crippen molar-refractivity contribution in [3.8, 4) is 0 Å². The summed E-state index contributed by atoms with van der Waals surface area (Å²) in [6.45, 7) is 10.2. The van der Waals surface area contributed by atoms with Gasteiger partial charge < -0.3 is 19.1 Å². The van der Waals surface area contributed by atoms with Crippen LogP contribution in [0.4, 0.5) is 10.1 Å². The summed E-state index contributed by atoms with van der Waals surface area (Å²) in [6, 6.07) is 20.1. The number of fused-ring (bicyclic) bond motifs is 1. The van der Waals surface area contributed by atoms with E-state index in [1.165, 1.54) is 6.07 Å². The second kappa shape index (κ2) is 9.75. The number of carbonyl (C=O) groups is 1. The molecule has 3 aromatic carbocycles. The van der Waals surface area contributed by atoms with Gasteiger partial charge in [-0.3, -0.25) is 9.59 Å². The third-order valence-corrected chi connectivity index (χ3v) is 9.78. The maximum atomic E-state index is 15.0. The van der Waals surface area contributed by atoms with E-state index < -0.39 is 24.1 Å². The largest absolute Gasteiger partial charge is 0.494 e. The number of halogens is 1. The number of carbonyl (C=O) groups excluding carboxylic acids is 1. The average Bonchev–Trinajstić information content (AvgIpc) is 3.16. The number of rotatable bonds is 5. The lowest BCUT2D eigenvalue weighted by molar-refractivity contribution is -0.0189. The molecule has 3 aliphatic heterocycles. The zero-order valence-electron chi connectivity index (χ0n) is 24.8. The van der Waals surface area contributed by atoms with Gasteiger partial charge in [-0.25, -0.2) is 9.49 Å². The molecule has 3 saturated heterocycles. The van der Waals surface area contributed by atoms with E-state index in [0.717, 1.165) is 28.5 Å². The monoisotopic (exact) mass is 580 g/mol. The fraction of sp³-hybridized carbons (Fsp3) is 0.364. The number of amides is 1. The van der Waals surface area contributed by atoms with Gasteiger partial charge in [0.25, 0.3) is 11.5 Å². The van der Waals surface area contributed by atoms with Crippen molar-refractivity contribution in [1.82, 2.24) is 15.1 Å². The van der Waals surface area contributed by atoms with Crippen LogP contribution in [-0.4, -0.2) is 64.5 Å². The Morgan fingerprint density at radius 1 is 0.977 bits per heavy atom. The van der Waals surface area contributed by atoms with Crippen LogP contribution in [0.2, 0.25) is 0 Å². The van der Waals surface area contributed by atoms with E-state index in [1.54, 1.807) is 24.3 Å². The molecule has 4 aromatic rings. The van der Waals surface area contributed by atoms with Crippen molar-refractivity contribution in [3.63, 3.8) is 0 Å². The molecule has 1 aromatic heterocycles. The van der Waals surface area contributed by atoms with Gasteiger partial charge in [0.2, 0.25) is 0 Å². The summed E-state index contributed by atoms with van der Waals surface area (Å²) >= 11 is 0. The highest BCUT2D eigenvalue weighted by Gasteiger charge is 2.56. The number of likely N-dealkylation sites (tertiary alicyclic amines) is 1. The van der Waals surface area contributed by atoms with E-state index in [0.29, 0.717) is 37.1 Å². The summed E-state index contributed by atoms with van der Waals surface area (Å²) in [5.41, 5.74) is 2.18. The first-order valence-corrected chi connectivity index (χ1v) is 14.7. The minimum Gasteiger partial charge on any atom is -0.399 e. The van der Waals surface area contributed by atoms with Gasteiger partial charge in [-0.2, -0.15) is 5.10 Å². The molecule has 43 heavy (non-hydrogen) atoms. The zero-order valence-corrected chi connectivity index (χ0v) is 24.8. The Morgan fingerprint density at radius 2 is 1.65 bits per heavy atom. The summed E-state index contributed by atoms with van der Waals surface area (Å²) in [6.07, 6.45) is 1.24. The molecule has 1 N–H and O–H groups in total. The minimum absolute atomic E-state index is 0.0653. The lowest BCUT2D eigenvalue weighted by atomic mass is 9.76. The minimum atomic E-state index is -0.537. The molecule has 10 heteroatoms. The first-order chi connectivity index (χ1) is 20.5. The second-order valence-corrected chi connectivity index (χ2v) is 13.0. The van der Waals surface area contributed by atoms with Gasteiger partial charge in [0.05, 0.1) is 33.4 Å². The molecular weight excluding hydrogens is 546 g/mol. The van der Waals surface area contributed by atoms with Crippen LogP contribution in [0.1, 0.15) is 55.7 Å². The summed E-state index contributed by atoms with van der Waals surface area (Å²) in [5.74, 6) is -0.829. The predicted molar refractivity (Wildman–Crippen MR) is 164 cm³/mol. The number of aromatic nitrogens is 2. The molecule has 8 nitrogen and oxygen atoms in total. The number of anilines is 1. The normalized spacial score (nSPS) is 19.9. The van der Waals surface area contributed by atoms with Crippen LogP contribution in [0.3, 0.4) is 0 Å². The molecule has 1 spiro atoms. The average molecular weight is 580 g/mol. The van der Waals surface area contributed by atoms with Crippen LogP contribution in [0.5, 0.6) is 0 Å². The van der Waals surface area contributed by atoms with Crippen LogP contribution in [0.25, 0.3) is 10.8 Å². The molecule has 3 fully saturated rings. The number of nitrogens with zero attached hydrogens (tertiary/aromatic N) is 3. The quantitative estimate of drug-likeness (QED) is 0.359. The van der Waals surface area contributed by atoms with Crippen molar-refractivity contribution in [2.75, 3.05) is 24.5 Å². The van der Waals surface area contributed by atoms with Crippen LogP contribution >= 0.6 is 0 Å². The number of benzene rings is 3. The molecule has 1 amide bonds. The Balaban J connectivity index is 1.04. The molecule has 0 saturated carbocycles. The van der Waals surface area contributed by atoms with Gasteiger partial charge in [0.1, 0.15) is 5.82 Å². The number of aromatic amines is 1. The number of hydrogen-bond donors (Lipinski definition) is 1. The lowest BCUT2D eigenvalue weighted by Gasteiger charge is -2.63. The fourth-order valence-electron chi connectivity index (χ4n) is 6.35. The highest BCUT2D eigenvalue weighted by molar-refractivity contribution is 6.62. The van der Waals surface area contributed by atoms with Crippen molar-refractivity contribution in [1.29, 1.82) is 0 Å². The first kappa shape index (κ1) is 27.8. The van der Waals surface area contributed by atoms with Crippen LogP contribution in [0.15, 0.2) is 71.5 Å². The zero-order chi connectivity index (χ0) is 30.1. The molecule has 0 unspecified atom stereocenters. The summed E-state index contributed by atoms with van der Waals surface area (Å²) in [4.78, 5) is 29.9. The third kappa shape index (κ3) is 4.55. The van der Waals surface area contributed by atoms with Crippen LogP contribution in [-0.2, 0) is 15.7 Å². The Hall–Kier alpha value is -4.02. The maximum absolute atomic E-state index is 15.0. The van der Waals surface area contributed by atoms with E-state index >= 15 is 4.39 Å². The number of H-pyrrole nitrogens is 1. The Morgan fingerprint density at radius 3 is 2.30 bits per heavy atom. The second-order valence-electron chi connectivity index (χ2n) is 13.0. The SMILES string of the molecule is CC1(C)OB(c2ccc(N3CC4(CCN4C(=O)c4cc(Cc5n[nH]c(=O)c6ccccc56)ccc4F)C3)cc2)OC1(C)C. The molecule has 0 radical (unpaired) electrons. The predicted octanol–water partition coefficient (Wildman–Crippen LogP) is 4.06. The van der Waals surface area contributed by atoms with Gasteiger partial charge in [-0.15, -0.1) is 0 Å². The van der Waals surface area contributed by atoms with Crippen molar-refractivity contribution in [2.24, 2.45) is 0 Å². The smallest absolute Gasteiger partial charge is 0.399 e. The first-order valence-electron chi connectivity index (χ1n) is 14.7. The van der Waals surface area contributed by atoms with Gasteiger partial charge in [-0.05, 0) is 75.5 Å². The van der Waals surface area contributed by atoms with Gasteiger partial charge in [0.15, 0.2) is 0 Å². The molecule has 3 aliphatic rings. The summed E-state index contributed by atoms with van der Waals surface area (Å²) in [7, 11) is -0.411. The van der Waals surface area contributed by atoms with E-state index in [-0.39, 0.29) is 22.6 Å². The molecular formula is C33H34BFN4O4. The highest BCUT2D eigenvalue weighted by Crippen LogP contribution is 2.42. The van der Waals surface area contributed by atoms with Crippen molar-refractivity contribution >= 4 is 34.9 Å². The number of nitrogens with one attached hydrogen (secondary N) is 1. The molecule has 7 rings (SSSR count). The van der Waals surface area contributed by atoms with E-state index in [1.807, 2.05) is 56.9 Å². The third-order valence-electron chi connectivity index (χ3n) is 9.78. The van der Waals surface area contributed by atoms with Crippen molar-refractivity contribution in [2.45, 2.75) is 57.3 Å². The lowest BCUT2D eigenvalue weighted by Crippen LogP contribution is -2.78. The van der Waals surface area contributed by atoms with E-state index in [2.05, 4.69) is 27.2 Å². The molecule has 0 atom stereocenters.